The Hall–Kier alpha value is -0.233. The minimum absolute atomic E-state index is 0.00497. The highest BCUT2D eigenvalue weighted by Gasteiger charge is 2.62. The van der Waals surface area contributed by atoms with E-state index < -0.39 is 13.9 Å². The van der Waals surface area contributed by atoms with Gasteiger partial charge in [-0.2, -0.15) is 0 Å². The van der Waals surface area contributed by atoms with E-state index in [2.05, 4.69) is 54.6 Å². The summed E-state index contributed by atoms with van der Waals surface area (Å²) in [5, 5.41) is 11.5. The predicted molar refractivity (Wildman–Crippen MR) is 110 cm³/mol. The van der Waals surface area contributed by atoms with Crippen molar-refractivity contribution in [2.75, 3.05) is 13.2 Å². The van der Waals surface area contributed by atoms with Crippen LogP contribution >= 0.6 is 0 Å². The minimum Gasteiger partial charge on any atom is -0.417 e. The van der Waals surface area contributed by atoms with Crippen molar-refractivity contribution in [1.29, 1.82) is 0 Å². The van der Waals surface area contributed by atoms with E-state index in [1.165, 1.54) is 0 Å². The van der Waals surface area contributed by atoms with Crippen molar-refractivity contribution in [1.82, 2.24) is 0 Å². The van der Waals surface area contributed by atoms with Crippen LogP contribution in [0, 0.1) is 23.2 Å². The lowest BCUT2D eigenvalue weighted by Crippen LogP contribution is -2.62. The van der Waals surface area contributed by atoms with E-state index in [0.29, 0.717) is 13.0 Å². The molecule has 0 spiro atoms. The van der Waals surface area contributed by atoms with E-state index in [9.17, 15) is 9.90 Å². The molecular formula is C22H40O4Si. The summed E-state index contributed by atoms with van der Waals surface area (Å²) in [6.07, 6.45) is 3.41. The molecule has 5 heteroatoms. The molecule has 0 amide bonds. The lowest BCUT2D eigenvalue weighted by atomic mass is 9.56. The summed E-state index contributed by atoms with van der Waals surface area (Å²) in [5.74, 6) is 0.402. The van der Waals surface area contributed by atoms with Crippen molar-refractivity contribution in [2.24, 2.45) is 23.2 Å². The van der Waals surface area contributed by atoms with Gasteiger partial charge >= 0.3 is 0 Å². The molecule has 3 fully saturated rings. The van der Waals surface area contributed by atoms with E-state index in [1.54, 1.807) is 0 Å². The normalized spacial score (nSPS) is 42.0. The third-order valence-corrected chi connectivity index (χ3v) is 13.2. The molecule has 1 heterocycles. The van der Waals surface area contributed by atoms with Crippen molar-refractivity contribution in [2.45, 2.75) is 96.6 Å². The molecule has 2 saturated carbocycles. The maximum Gasteiger partial charge on any atom is 0.191 e. The van der Waals surface area contributed by atoms with Crippen molar-refractivity contribution >= 4 is 14.1 Å². The zero-order chi connectivity index (χ0) is 20.5. The average Bonchev–Trinajstić information content (AvgIpc) is 2.59. The first-order valence-corrected chi connectivity index (χ1v) is 13.6. The topological polar surface area (TPSA) is 55.8 Å². The molecule has 3 aliphatic rings. The summed E-state index contributed by atoms with van der Waals surface area (Å²) in [4.78, 5) is 13.2. The van der Waals surface area contributed by atoms with Crippen LogP contribution in [-0.2, 0) is 14.0 Å². The summed E-state index contributed by atoms with van der Waals surface area (Å²) in [5.41, 5.74) is -1.53. The monoisotopic (exact) mass is 396 g/mol. The molecule has 1 aliphatic heterocycles. The van der Waals surface area contributed by atoms with Crippen molar-refractivity contribution < 1.29 is 19.1 Å². The van der Waals surface area contributed by atoms with Crippen LogP contribution in [0.2, 0.25) is 18.1 Å². The molecule has 2 unspecified atom stereocenters. The maximum atomic E-state index is 13.2. The largest absolute Gasteiger partial charge is 0.417 e. The number of fused-ring (bicyclic) bond motifs is 1. The predicted octanol–water partition coefficient (Wildman–Crippen LogP) is 4.56. The zero-order valence-corrected chi connectivity index (χ0v) is 19.6. The van der Waals surface area contributed by atoms with E-state index in [4.69, 9.17) is 9.16 Å². The first-order chi connectivity index (χ1) is 12.1. The van der Waals surface area contributed by atoms with Crippen molar-refractivity contribution in [3.05, 3.63) is 0 Å². The van der Waals surface area contributed by atoms with Gasteiger partial charge in [0.05, 0.1) is 12.2 Å². The molecular weight excluding hydrogens is 356 g/mol. The van der Waals surface area contributed by atoms with E-state index >= 15 is 0 Å². The number of ketones is 1. The van der Waals surface area contributed by atoms with Crippen LogP contribution in [0.3, 0.4) is 0 Å². The summed E-state index contributed by atoms with van der Waals surface area (Å²) >= 11 is 0. The van der Waals surface area contributed by atoms with Gasteiger partial charge in [-0.05, 0) is 68.5 Å². The summed E-state index contributed by atoms with van der Waals surface area (Å²) in [7, 11) is -1.87. The molecule has 5 atom stereocenters. The van der Waals surface area contributed by atoms with Gasteiger partial charge < -0.3 is 14.3 Å². The highest BCUT2D eigenvalue weighted by molar-refractivity contribution is 6.74. The number of Topliss-reactive ketones (excluding diaryl/α,β-unsaturated/α-hetero) is 1. The number of rotatable bonds is 3. The molecule has 3 rings (SSSR count). The Kier molecular flexibility index (Phi) is 5.08. The van der Waals surface area contributed by atoms with E-state index in [-0.39, 0.29) is 46.2 Å². The molecule has 1 N–H and O–H groups in total. The molecule has 0 radical (unpaired) electrons. The molecule has 156 valence electrons. The van der Waals surface area contributed by atoms with Crippen LogP contribution in [0.25, 0.3) is 0 Å². The standard InChI is InChI=1S/C22H40O4Si/c1-19(2,3)27(7,8)26-13-15-11-18(23)22(24)14-25-20(4,5)16-9-10-21(15,6)12-17(16)22/h15-17,24H,9-14H2,1-8H3/t15-,16?,17?,21+,22+/m1/s1. The second-order valence-electron chi connectivity index (χ2n) is 11.8. The lowest BCUT2D eigenvalue weighted by molar-refractivity contribution is -0.229. The Morgan fingerprint density at radius 3 is 2.44 bits per heavy atom. The Morgan fingerprint density at radius 1 is 1.22 bits per heavy atom. The third-order valence-electron chi connectivity index (χ3n) is 8.72. The van der Waals surface area contributed by atoms with E-state index in [0.717, 1.165) is 19.3 Å². The van der Waals surface area contributed by atoms with Crippen LogP contribution in [0.4, 0.5) is 0 Å². The average molecular weight is 397 g/mol. The fourth-order valence-electron chi connectivity index (χ4n) is 5.37. The van der Waals surface area contributed by atoms with Gasteiger partial charge in [0, 0.05) is 18.9 Å². The van der Waals surface area contributed by atoms with Gasteiger partial charge in [-0.3, -0.25) is 4.79 Å². The molecule has 2 bridgehead atoms. The van der Waals surface area contributed by atoms with Gasteiger partial charge in [-0.1, -0.05) is 27.7 Å². The highest BCUT2D eigenvalue weighted by Crippen LogP contribution is 2.59. The maximum absolute atomic E-state index is 13.2. The van der Waals surface area contributed by atoms with Gasteiger partial charge in [0.25, 0.3) is 0 Å². The van der Waals surface area contributed by atoms with Gasteiger partial charge in [0.2, 0.25) is 0 Å². The summed E-state index contributed by atoms with van der Waals surface area (Å²) in [6.45, 7) is 18.6. The second-order valence-corrected chi connectivity index (χ2v) is 16.6. The fourth-order valence-corrected chi connectivity index (χ4v) is 6.42. The van der Waals surface area contributed by atoms with Gasteiger partial charge in [-0.25, -0.2) is 0 Å². The molecule has 4 nitrogen and oxygen atoms in total. The number of carbonyl (C=O) groups is 1. The van der Waals surface area contributed by atoms with Gasteiger partial charge in [0.1, 0.15) is 5.60 Å². The Morgan fingerprint density at radius 2 is 1.85 bits per heavy atom. The molecule has 27 heavy (non-hydrogen) atoms. The quantitative estimate of drug-likeness (QED) is 0.711. The molecule has 1 saturated heterocycles. The van der Waals surface area contributed by atoms with Gasteiger partial charge in [0.15, 0.2) is 14.1 Å². The van der Waals surface area contributed by atoms with Crippen LogP contribution < -0.4 is 0 Å². The lowest BCUT2D eigenvalue weighted by Gasteiger charge is -2.56. The number of carbonyl (C=O) groups excluding carboxylic acids is 1. The number of ether oxygens (including phenoxy) is 1. The number of aliphatic hydroxyl groups is 1. The second kappa shape index (κ2) is 6.38. The van der Waals surface area contributed by atoms with E-state index in [1.807, 2.05) is 0 Å². The Balaban J connectivity index is 1.87. The van der Waals surface area contributed by atoms with Crippen molar-refractivity contribution in [3.8, 4) is 0 Å². The van der Waals surface area contributed by atoms with Crippen LogP contribution in [-0.4, -0.2) is 43.6 Å². The Labute approximate surface area is 166 Å². The summed E-state index contributed by atoms with van der Waals surface area (Å²) in [6, 6.07) is 0. The van der Waals surface area contributed by atoms with Crippen LogP contribution in [0.15, 0.2) is 0 Å². The first kappa shape index (κ1) is 21.5. The van der Waals surface area contributed by atoms with Crippen LogP contribution in [0.5, 0.6) is 0 Å². The molecule has 0 aromatic heterocycles. The highest BCUT2D eigenvalue weighted by atomic mass is 28.4. The number of hydrogen-bond donors (Lipinski definition) is 1. The minimum atomic E-state index is -1.87. The molecule has 2 aliphatic carbocycles. The smallest absolute Gasteiger partial charge is 0.191 e. The fraction of sp³-hybridized carbons (Fsp3) is 0.955. The van der Waals surface area contributed by atoms with Gasteiger partial charge in [-0.15, -0.1) is 0 Å². The van der Waals surface area contributed by atoms with Crippen molar-refractivity contribution in [3.63, 3.8) is 0 Å². The first-order valence-electron chi connectivity index (χ1n) is 10.7. The SMILES string of the molecule is CC1(C)OC[C@@]2(O)C(=O)C[C@H](CO[Si](C)(C)C(C)(C)C)[C@@]3(C)CCC1C2C3. The molecule has 0 aromatic carbocycles. The summed E-state index contributed by atoms with van der Waals surface area (Å²) < 4.78 is 12.6. The third kappa shape index (κ3) is 3.47. The zero-order valence-electron chi connectivity index (χ0n) is 18.6. The van der Waals surface area contributed by atoms with Crippen LogP contribution in [0.1, 0.15) is 67.2 Å². The molecule has 0 aromatic rings. The number of hydrogen-bond acceptors (Lipinski definition) is 4. The Bertz CT molecular complexity index is 608.